The summed E-state index contributed by atoms with van der Waals surface area (Å²) in [5.41, 5.74) is 2.13. The summed E-state index contributed by atoms with van der Waals surface area (Å²) >= 11 is 0. The maximum absolute atomic E-state index is 11.5. The van der Waals surface area contributed by atoms with Crippen molar-refractivity contribution in [1.82, 2.24) is 0 Å². The van der Waals surface area contributed by atoms with E-state index >= 15 is 0 Å². The summed E-state index contributed by atoms with van der Waals surface area (Å²) in [5, 5.41) is -0.102. The zero-order valence-corrected chi connectivity index (χ0v) is 14.2. The molecule has 0 heterocycles. The zero-order valence-electron chi connectivity index (χ0n) is 13.2. The minimum atomic E-state index is -2.22. The van der Waals surface area contributed by atoms with Gasteiger partial charge in [0.2, 0.25) is 0 Å². The molecule has 20 heavy (non-hydrogen) atoms. The lowest BCUT2D eigenvalue weighted by atomic mass is 9.99. The molecule has 3 nitrogen and oxygen atoms in total. The molecule has 0 aliphatic rings. The monoisotopic (exact) mass is 294 g/mol. The molecule has 0 saturated carbocycles. The largest absolute Gasteiger partial charge is 0.466 e. The highest BCUT2D eigenvalue weighted by atomic mass is 28.4. The molecule has 0 aliphatic carbocycles. The van der Waals surface area contributed by atoms with Gasteiger partial charge >= 0.3 is 5.97 Å². The fourth-order valence-corrected chi connectivity index (χ4v) is 2.59. The minimum absolute atomic E-state index is 0.102. The van der Waals surface area contributed by atoms with Gasteiger partial charge in [-0.25, -0.2) is 0 Å². The van der Waals surface area contributed by atoms with E-state index in [1.807, 2.05) is 38.2 Å². The third-order valence-corrected chi connectivity index (χ3v) is 7.44. The van der Waals surface area contributed by atoms with Crippen molar-refractivity contribution in [3.63, 3.8) is 0 Å². The number of esters is 1. The van der Waals surface area contributed by atoms with Crippen LogP contribution in [0.2, 0.25) is 18.1 Å². The maximum atomic E-state index is 11.5. The maximum Gasteiger partial charge on any atom is 0.310 e. The number of rotatable bonds is 6. The van der Waals surface area contributed by atoms with Gasteiger partial charge < -0.3 is 9.53 Å². The summed E-state index contributed by atoms with van der Waals surface area (Å²) in [6.45, 7) is 10.4. The normalized spacial score (nSPS) is 12.3. The van der Waals surface area contributed by atoms with E-state index in [9.17, 15) is 9.59 Å². The second kappa shape index (κ2) is 6.55. The van der Waals surface area contributed by atoms with E-state index in [1.54, 1.807) is 0 Å². The number of carbonyl (C=O) groups excluding carboxylic acids is 1. The molecule has 1 aromatic rings. The van der Waals surface area contributed by atoms with Gasteiger partial charge in [0.1, 0.15) is 0 Å². The van der Waals surface area contributed by atoms with Crippen LogP contribution in [-0.4, -0.2) is 25.7 Å². The summed E-state index contributed by atoms with van der Waals surface area (Å²) in [7, 11) is -2.22. The number of benzene rings is 1. The van der Waals surface area contributed by atoms with E-state index in [0.717, 1.165) is 17.5 Å². The van der Waals surface area contributed by atoms with E-state index < -0.39 is 8.32 Å². The van der Waals surface area contributed by atoms with Crippen molar-refractivity contribution < 1.29 is 14.3 Å². The van der Waals surface area contributed by atoms with Crippen LogP contribution >= 0.6 is 0 Å². The van der Waals surface area contributed by atoms with Crippen molar-refractivity contribution in [3.05, 3.63) is 35.4 Å². The average Bonchev–Trinajstić information content (AvgIpc) is 2.27. The van der Waals surface area contributed by atoms with Crippen LogP contribution in [0.1, 0.15) is 31.9 Å². The topological polar surface area (TPSA) is 46.5 Å². The number of carbonyl (C=O) groups is 1. The fraction of sp³-hybridized carbons (Fsp3) is 0.562. The molecule has 0 aliphatic heterocycles. The van der Waals surface area contributed by atoms with Crippen LogP contribution in [0.5, 0.6) is 0 Å². The molecule has 0 radical (unpaired) electrons. The van der Waals surface area contributed by atoms with Crippen LogP contribution in [-0.2, 0) is 22.4 Å². The predicted octanol–water partition coefficient (Wildman–Crippen LogP) is 3.31. The molecule has 112 valence electrons. The fourth-order valence-electron chi connectivity index (χ4n) is 1.95. The first kappa shape index (κ1) is 16.9. The first-order valence-corrected chi connectivity index (χ1v) is 10.1. The number of hydrogen-bond donors (Lipinski definition) is 1. The minimum Gasteiger partial charge on any atom is -0.466 e. The lowest BCUT2D eigenvalue weighted by molar-refractivity contribution is -0.142. The molecule has 0 aromatic heterocycles. The first-order valence-electron chi connectivity index (χ1n) is 7.11. The summed E-state index contributed by atoms with van der Waals surface area (Å²) in [6.07, 6.45) is 1.13. The van der Waals surface area contributed by atoms with E-state index in [4.69, 9.17) is 4.74 Å². The van der Waals surface area contributed by atoms with Crippen molar-refractivity contribution in [3.8, 4) is 0 Å². The standard InChI is InChI=1S/C16H26O3Si/c1-6-19-15(17)11-13-8-7-9-14(10-13)12-16(2,3)20(4,5)18/h7-10,18H,6,11-12H2,1-5H3. The predicted molar refractivity (Wildman–Crippen MR) is 84.2 cm³/mol. The second-order valence-corrected chi connectivity index (χ2v) is 10.9. The molecule has 1 N–H and O–H groups in total. The van der Waals surface area contributed by atoms with E-state index in [2.05, 4.69) is 19.9 Å². The van der Waals surface area contributed by atoms with Gasteiger partial charge in [0, 0.05) is 0 Å². The van der Waals surface area contributed by atoms with Gasteiger partial charge in [0.05, 0.1) is 13.0 Å². The molecule has 0 fully saturated rings. The Labute approximate surface area is 123 Å². The molecule has 0 saturated heterocycles. The molecule has 0 atom stereocenters. The SMILES string of the molecule is CCOC(=O)Cc1cccc(CC(C)(C)[Si](C)(C)O)c1. The van der Waals surface area contributed by atoms with E-state index in [-0.39, 0.29) is 11.0 Å². The lowest BCUT2D eigenvalue weighted by Gasteiger charge is -2.35. The summed E-state index contributed by atoms with van der Waals surface area (Å²) in [5.74, 6) is -0.194. The molecule has 4 heteroatoms. The first-order chi connectivity index (χ1) is 9.15. The summed E-state index contributed by atoms with van der Waals surface area (Å²) < 4.78 is 4.97. The molecule has 0 bridgehead atoms. The molecular formula is C16H26O3Si. The van der Waals surface area contributed by atoms with Gasteiger partial charge in [-0.2, -0.15) is 0 Å². The van der Waals surface area contributed by atoms with Gasteiger partial charge in [-0.15, -0.1) is 0 Å². The molecular weight excluding hydrogens is 268 g/mol. The number of hydrogen-bond acceptors (Lipinski definition) is 3. The third kappa shape index (κ3) is 4.76. The van der Waals surface area contributed by atoms with Gasteiger partial charge in [-0.05, 0) is 42.6 Å². The van der Waals surface area contributed by atoms with E-state index in [1.165, 1.54) is 0 Å². The van der Waals surface area contributed by atoms with Gasteiger partial charge in [-0.3, -0.25) is 4.79 Å². The van der Waals surface area contributed by atoms with Crippen LogP contribution in [0.15, 0.2) is 24.3 Å². The van der Waals surface area contributed by atoms with Gasteiger partial charge in [0.25, 0.3) is 0 Å². The zero-order chi connectivity index (χ0) is 15.4. The molecule has 0 unspecified atom stereocenters. The van der Waals surface area contributed by atoms with Crippen LogP contribution < -0.4 is 0 Å². The van der Waals surface area contributed by atoms with Crippen molar-refractivity contribution in [2.75, 3.05) is 6.61 Å². The van der Waals surface area contributed by atoms with E-state index in [0.29, 0.717) is 13.0 Å². The average molecular weight is 294 g/mol. The Morgan fingerprint density at radius 2 is 1.90 bits per heavy atom. The van der Waals surface area contributed by atoms with Crippen LogP contribution in [0.4, 0.5) is 0 Å². The van der Waals surface area contributed by atoms with Crippen molar-refractivity contribution >= 4 is 14.3 Å². The van der Waals surface area contributed by atoms with Gasteiger partial charge in [0.15, 0.2) is 8.32 Å². The molecule has 1 rings (SSSR count). The highest BCUT2D eigenvalue weighted by Crippen LogP contribution is 2.38. The highest BCUT2D eigenvalue weighted by Gasteiger charge is 2.37. The Kier molecular flexibility index (Phi) is 5.54. The lowest BCUT2D eigenvalue weighted by Crippen LogP contribution is -2.40. The van der Waals surface area contributed by atoms with Crippen LogP contribution in [0.25, 0.3) is 0 Å². The Morgan fingerprint density at radius 1 is 1.30 bits per heavy atom. The Hall–Kier alpha value is -1.13. The summed E-state index contributed by atoms with van der Waals surface area (Å²) in [6, 6.07) is 8.00. The molecule has 0 amide bonds. The smallest absolute Gasteiger partial charge is 0.310 e. The van der Waals surface area contributed by atoms with Crippen molar-refractivity contribution in [2.45, 2.75) is 51.7 Å². The quantitative estimate of drug-likeness (QED) is 0.647. The molecule has 1 aromatic carbocycles. The van der Waals surface area contributed by atoms with Crippen LogP contribution in [0.3, 0.4) is 0 Å². The van der Waals surface area contributed by atoms with Crippen LogP contribution in [0, 0.1) is 0 Å². The Balaban J connectivity index is 2.81. The summed E-state index contributed by atoms with van der Waals surface area (Å²) in [4.78, 5) is 21.9. The Morgan fingerprint density at radius 3 is 2.45 bits per heavy atom. The number of ether oxygens (including phenoxy) is 1. The highest BCUT2D eigenvalue weighted by molar-refractivity contribution is 6.72. The third-order valence-electron chi connectivity index (χ3n) is 3.95. The molecule has 0 spiro atoms. The Bertz CT molecular complexity index is 461. The second-order valence-electron chi connectivity index (χ2n) is 6.42. The van der Waals surface area contributed by atoms with Crippen molar-refractivity contribution in [2.24, 2.45) is 0 Å². The van der Waals surface area contributed by atoms with Crippen molar-refractivity contribution in [1.29, 1.82) is 0 Å². The van der Waals surface area contributed by atoms with Gasteiger partial charge in [-0.1, -0.05) is 38.1 Å².